The van der Waals surface area contributed by atoms with Crippen molar-refractivity contribution in [2.45, 2.75) is 136 Å². The molecule has 0 fully saturated rings. The van der Waals surface area contributed by atoms with Gasteiger partial charge >= 0.3 is 0 Å². The Hall–Kier alpha value is -0.400. The van der Waals surface area contributed by atoms with E-state index in [0.29, 0.717) is 119 Å². The molecule has 10 heteroatoms. The molecule has 0 aliphatic heterocycles. The van der Waals surface area contributed by atoms with Crippen molar-refractivity contribution in [2.24, 2.45) is 0 Å². The van der Waals surface area contributed by atoms with E-state index in [9.17, 15) is 0 Å². The molecule has 0 N–H and O–H groups in total. The lowest BCUT2D eigenvalue weighted by Crippen LogP contribution is -2.15. The van der Waals surface area contributed by atoms with Crippen molar-refractivity contribution in [1.82, 2.24) is 0 Å². The highest BCUT2D eigenvalue weighted by Crippen LogP contribution is 2.13. The van der Waals surface area contributed by atoms with Gasteiger partial charge in [0.25, 0.3) is 0 Å². The van der Waals surface area contributed by atoms with Gasteiger partial charge in [0.1, 0.15) is 0 Å². The van der Waals surface area contributed by atoms with E-state index in [1.165, 1.54) is 109 Å². The van der Waals surface area contributed by atoms with Crippen LogP contribution in [0, 0.1) is 0 Å². The molecule has 0 saturated heterocycles. The van der Waals surface area contributed by atoms with Crippen LogP contribution in [0.2, 0.25) is 0 Å². The zero-order chi connectivity index (χ0) is 36.6. The third-order valence-electron chi connectivity index (χ3n) is 8.38. The molecule has 0 aliphatic rings. The monoisotopic (exact) mass is 737 g/mol. The van der Waals surface area contributed by atoms with E-state index in [1.807, 2.05) is 0 Å². The Morgan fingerprint density at radius 1 is 0.157 bits per heavy atom. The molecule has 0 rings (SSSR count). The average molecular weight is 737 g/mol. The van der Waals surface area contributed by atoms with Gasteiger partial charge in [-0.05, 0) is 12.8 Å². The molecule has 0 amide bonds. The fraction of sp³-hybridized carbons (Fsp3) is 1.00. The second-order valence-electron chi connectivity index (χ2n) is 13.1. The van der Waals surface area contributed by atoms with Crippen LogP contribution in [0.1, 0.15) is 136 Å². The molecule has 0 atom stereocenters. The van der Waals surface area contributed by atoms with E-state index < -0.39 is 0 Å². The summed E-state index contributed by atoms with van der Waals surface area (Å²) in [5.41, 5.74) is 0. The zero-order valence-electron chi connectivity index (χ0n) is 33.7. The maximum Gasteiger partial charge on any atom is 0.0701 e. The van der Waals surface area contributed by atoms with Gasteiger partial charge in [-0.25, -0.2) is 0 Å². The molecule has 10 nitrogen and oxygen atoms in total. The topological polar surface area (TPSA) is 92.3 Å². The number of hydrogen-bond donors (Lipinski definition) is 0. The van der Waals surface area contributed by atoms with Gasteiger partial charge in [-0.2, -0.15) is 0 Å². The summed E-state index contributed by atoms with van der Waals surface area (Å²) in [4.78, 5) is 0. The minimum atomic E-state index is 0.535. The van der Waals surface area contributed by atoms with Crippen LogP contribution in [0.4, 0.5) is 0 Å². The first-order valence-electron chi connectivity index (χ1n) is 21.2. The largest absolute Gasteiger partial charge is 0.379 e. The molecule has 0 saturated carbocycles. The Morgan fingerprint density at radius 2 is 0.294 bits per heavy atom. The molecule has 0 bridgehead atoms. The molecular formula is C41H84O10. The van der Waals surface area contributed by atoms with E-state index in [1.54, 1.807) is 0 Å². The SMILES string of the molecule is CCCCCCCCCCCCCCCCCCOCCOCCOCCOCCOCCOCCOCCOCCOCCOCCCCC. The molecule has 0 heterocycles. The van der Waals surface area contributed by atoms with Crippen molar-refractivity contribution in [1.29, 1.82) is 0 Å². The van der Waals surface area contributed by atoms with Crippen molar-refractivity contribution in [3.05, 3.63) is 0 Å². The summed E-state index contributed by atoms with van der Waals surface area (Å²) in [6.07, 6.45) is 25.8. The molecule has 0 aliphatic carbocycles. The van der Waals surface area contributed by atoms with Gasteiger partial charge in [0.2, 0.25) is 0 Å². The van der Waals surface area contributed by atoms with Crippen LogP contribution < -0.4 is 0 Å². The van der Waals surface area contributed by atoms with E-state index >= 15 is 0 Å². The van der Waals surface area contributed by atoms with Crippen molar-refractivity contribution >= 4 is 0 Å². The Labute approximate surface area is 314 Å². The van der Waals surface area contributed by atoms with Crippen LogP contribution >= 0.6 is 0 Å². The first kappa shape index (κ1) is 50.6. The molecule has 308 valence electrons. The maximum atomic E-state index is 5.69. The lowest BCUT2D eigenvalue weighted by Gasteiger charge is -2.09. The lowest BCUT2D eigenvalue weighted by molar-refractivity contribution is -0.0264. The van der Waals surface area contributed by atoms with Gasteiger partial charge in [-0.15, -0.1) is 0 Å². The van der Waals surface area contributed by atoms with Crippen molar-refractivity contribution < 1.29 is 47.4 Å². The van der Waals surface area contributed by atoms with Gasteiger partial charge < -0.3 is 47.4 Å². The molecule has 51 heavy (non-hydrogen) atoms. The Balaban J connectivity index is 3.04. The highest BCUT2D eigenvalue weighted by atomic mass is 16.6. The van der Waals surface area contributed by atoms with Crippen molar-refractivity contribution in [3.8, 4) is 0 Å². The quantitative estimate of drug-likeness (QED) is 0.0566. The summed E-state index contributed by atoms with van der Waals surface area (Å²) in [5, 5.41) is 0. The lowest BCUT2D eigenvalue weighted by atomic mass is 10.0. The minimum Gasteiger partial charge on any atom is -0.379 e. The van der Waals surface area contributed by atoms with E-state index in [2.05, 4.69) is 13.8 Å². The summed E-state index contributed by atoms with van der Waals surface area (Å²) in [6, 6.07) is 0. The minimum absolute atomic E-state index is 0.535. The molecule has 0 radical (unpaired) electrons. The number of unbranched alkanes of at least 4 members (excludes halogenated alkanes) is 17. The highest BCUT2D eigenvalue weighted by molar-refractivity contribution is 4.50. The van der Waals surface area contributed by atoms with E-state index in [-0.39, 0.29) is 0 Å². The first-order valence-corrected chi connectivity index (χ1v) is 21.2. The maximum absolute atomic E-state index is 5.69. The molecule has 0 unspecified atom stereocenters. The van der Waals surface area contributed by atoms with Gasteiger partial charge in [0, 0.05) is 13.2 Å². The van der Waals surface area contributed by atoms with E-state index in [4.69, 9.17) is 47.4 Å². The van der Waals surface area contributed by atoms with Crippen LogP contribution in [-0.2, 0) is 47.4 Å². The van der Waals surface area contributed by atoms with Crippen LogP contribution in [0.15, 0.2) is 0 Å². The summed E-state index contributed by atoms with van der Waals surface area (Å²) >= 11 is 0. The first-order chi connectivity index (χ1) is 25.4. The summed E-state index contributed by atoms with van der Waals surface area (Å²) in [7, 11) is 0. The third kappa shape index (κ3) is 49.6. The summed E-state index contributed by atoms with van der Waals surface area (Å²) < 4.78 is 55.3. The number of hydrogen-bond acceptors (Lipinski definition) is 10. The van der Waals surface area contributed by atoms with Crippen LogP contribution in [-0.4, -0.2) is 132 Å². The second-order valence-corrected chi connectivity index (χ2v) is 13.1. The molecular weight excluding hydrogens is 652 g/mol. The van der Waals surface area contributed by atoms with E-state index in [0.717, 1.165) is 26.1 Å². The average Bonchev–Trinajstić information content (AvgIpc) is 3.14. The smallest absolute Gasteiger partial charge is 0.0701 e. The van der Waals surface area contributed by atoms with Crippen LogP contribution in [0.5, 0.6) is 0 Å². The highest BCUT2D eigenvalue weighted by Gasteiger charge is 1.98. The Kier molecular flexibility index (Phi) is 49.2. The van der Waals surface area contributed by atoms with Gasteiger partial charge in [0.15, 0.2) is 0 Å². The summed E-state index contributed by atoms with van der Waals surface area (Å²) in [5.74, 6) is 0. The predicted molar refractivity (Wildman–Crippen MR) is 207 cm³/mol. The third-order valence-corrected chi connectivity index (χ3v) is 8.38. The molecule has 0 aromatic carbocycles. The van der Waals surface area contributed by atoms with Gasteiger partial charge in [-0.3, -0.25) is 0 Å². The standard InChI is InChI=1S/C41H84O10/c1-3-5-7-8-9-10-11-12-13-14-15-16-17-18-19-21-23-43-25-27-45-29-31-47-33-35-49-37-39-51-41-40-50-38-36-48-34-32-46-30-28-44-26-24-42-22-20-6-4-2/h3-41H2,1-2H3. The molecule has 0 aromatic rings. The van der Waals surface area contributed by atoms with Crippen LogP contribution in [0.25, 0.3) is 0 Å². The van der Waals surface area contributed by atoms with Crippen molar-refractivity contribution in [3.63, 3.8) is 0 Å². The second kappa shape index (κ2) is 49.6. The van der Waals surface area contributed by atoms with Gasteiger partial charge in [-0.1, -0.05) is 123 Å². The van der Waals surface area contributed by atoms with Gasteiger partial charge in [0.05, 0.1) is 119 Å². The normalized spacial score (nSPS) is 11.6. The Morgan fingerprint density at radius 3 is 0.510 bits per heavy atom. The zero-order valence-corrected chi connectivity index (χ0v) is 33.7. The fourth-order valence-corrected chi connectivity index (χ4v) is 5.29. The summed E-state index contributed by atoms with van der Waals surface area (Å²) in [6.45, 7) is 16.4. The van der Waals surface area contributed by atoms with Crippen molar-refractivity contribution in [2.75, 3.05) is 132 Å². The fourth-order valence-electron chi connectivity index (χ4n) is 5.29. The Bertz CT molecular complexity index is 539. The predicted octanol–water partition coefficient (Wildman–Crippen LogP) is 8.60. The molecule has 0 aromatic heterocycles. The number of ether oxygens (including phenoxy) is 10. The van der Waals surface area contributed by atoms with Crippen LogP contribution in [0.3, 0.4) is 0 Å². The number of rotatable bonds is 48. The molecule has 0 spiro atoms.